The Hall–Kier alpha value is -0.505. The normalized spacial score (nSPS) is 12.5. The first-order valence-electron chi connectivity index (χ1n) is 4.20. The van der Waals surface area contributed by atoms with Crippen molar-refractivity contribution in [1.82, 2.24) is 5.32 Å². The monoisotopic (exact) mass is 156 g/mol. The van der Waals surface area contributed by atoms with Gasteiger partial charge in [-0.15, -0.1) is 0 Å². The Balaban J connectivity index is 3.36. The highest BCUT2D eigenvalue weighted by molar-refractivity contribution is 6.23. The van der Waals surface area contributed by atoms with Crippen LogP contribution < -0.4 is 11.1 Å². The smallest absolute Gasteiger partial charge is 0.215 e. The number of hydrogen-bond donors (Lipinski definition) is 2. The molecule has 1 unspecified atom stereocenters. The van der Waals surface area contributed by atoms with Gasteiger partial charge in [-0.05, 0) is 13.0 Å². The highest BCUT2D eigenvalue weighted by atomic mass is 16.1. The third kappa shape index (κ3) is 4.84. The van der Waals surface area contributed by atoms with E-state index in [1.807, 2.05) is 14.8 Å². The summed E-state index contributed by atoms with van der Waals surface area (Å²) in [6.45, 7) is 3.35. The van der Waals surface area contributed by atoms with Gasteiger partial charge in [-0.1, -0.05) is 13.3 Å². The molecule has 3 N–H and O–H groups in total. The zero-order chi connectivity index (χ0) is 8.69. The molecule has 0 aromatic rings. The van der Waals surface area contributed by atoms with Gasteiger partial charge >= 0.3 is 0 Å². The predicted molar refractivity (Wildman–Crippen MR) is 49.3 cm³/mol. The van der Waals surface area contributed by atoms with E-state index in [0.29, 0.717) is 13.1 Å². The molecule has 4 heteroatoms. The molecule has 0 rings (SSSR count). The first-order chi connectivity index (χ1) is 5.22. The van der Waals surface area contributed by atoms with Crippen LogP contribution in [0.5, 0.6) is 0 Å². The fourth-order valence-electron chi connectivity index (χ4n) is 0.673. The number of hydrogen-bond acceptors (Lipinski definition) is 2. The summed E-state index contributed by atoms with van der Waals surface area (Å²) >= 11 is 0. The summed E-state index contributed by atoms with van der Waals surface area (Å²) in [5.74, 6) is 0.272. The molecule has 0 aromatic heterocycles. The van der Waals surface area contributed by atoms with Crippen molar-refractivity contribution >= 4 is 13.8 Å². The second kappa shape index (κ2) is 6.22. The van der Waals surface area contributed by atoms with E-state index < -0.39 is 0 Å². The van der Waals surface area contributed by atoms with Crippen molar-refractivity contribution in [2.24, 2.45) is 5.73 Å². The van der Waals surface area contributed by atoms with Crippen molar-refractivity contribution in [3.63, 3.8) is 0 Å². The summed E-state index contributed by atoms with van der Waals surface area (Å²) in [5, 5.41) is 2.82. The van der Waals surface area contributed by atoms with E-state index in [0.717, 1.165) is 12.8 Å². The quantitative estimate of drug-likeness (QED) is 0.407. The number of rotatable bonds is 5. The van der Waals surface area contributed by atoms with Gasteiger partial charge in [-0.25, -0.2) is 0 Å². The zero-order valence-corrected chi connectivity index (χ0v) is 7.39. The van der Waals surface area contributed by atoms with Crippen molar-refractivity contribution in [1.29, 1.82) is 0 Å². The number of amides is 1. The largest absolute Gasteiger partial charge is 0.356 e. The molecule has 0 aliphatic heterocycles. The fraction of sp³-hybridized carbons (Fsp3) is 0.857. The number of carbonyl (C=O) groups excluding carboxylic acids is 1. The van der Waals surface area contributed by atoms with E-state index in [1.54, 1.807) is 0 Å². The third-order valence-corrected chi connectivity index (χ3v) is 1.74. The molecule has 64 valence electrons. The maximum absolute atomic E-state index is 11.1. The zero-order valence-electron chi connectivity index (χ0n) is 7.39. The van der Waals surface area contributed by atoms with E-state index in [1.165, 1.54) is 0 Å². The molecular weight excluding hydrogens is 139 g/mol. The van der Waals surface area contributed by atoms with Gasteiger partial charge in [0, 0.05) is 12.4 Å². The van der Waals surface area contributed by atoms with Crippen molar-refractivity contribution in [3.05, 3.63) is 0 Å². The molecule has 0 aromatic carbocycles. The van der Waals surface area contributed by atoms with Crippen LogP contribution in [-0.2, 0) is 4.79 Å². The standard InChI is InChI=1S/C7H17BN2O/c1-2-6(8)7(11)10-5-3-4-9/h6H,2-5,8-9H2,1H3,(H,10,11). The van der Waals surface area contributed by atoms with Crippen LogP contribution in [0.3, 0.4) is 0 Å². The molecule has 0 spiro atoms. The first-order valence-corrected chi connectivity index (χ1v) is 4.20. The Morgan fingerprint density at radius 2 is 2.36 bits per heavy atom. The lowest BCUT2D eigenvalue weighted by Crippen LogP contribution is -2.29. The van der Waals surface area contributed by atoms with E-state index in [9.17, 15) is 4.79 Å². The molecule has 0 aliphatic carbocycles. The second-order valence-corrected chi connectivity index (χ2v) is 2.74. The minimum absolute atomic E-state index is 0.132. The SMILES string of the molecule is BC(CC)C(=O)NCCCN. The maximum atomic E-state index is 11.1. The van der Waals surface area contributed by atoms with Gasteiger partial charge in [0.1, 0.15) is 7.85 Å². The molecule has 3 nitrogen and oxygen atoms in total. The van der Waals surface area contributed by atoms with Crippen molar-refractivity contribution in [3.8, 4) is 0 Å². The summed E-state index contributed by atoms with van der Waals surface area (Å²) < 4.78 is 0. The Labute approximate surface area is 69.1 Å². The lowest BCUT2D eigenvalue weighted by atomic mass is 9.84. The van der Waals surface area contributed by atoms with Gasteiger partial charge in [0.05, 0.1) is 0 Å². The van der Waals surface area contributed by atoms with Gasteiger partial charge in [0.25, 0.3) is 0 Å². The molecule has 0 fully saturated rings. The summed E-state index contributed by atoms with van der Waals surface area (Å²) in [7, 11) is 1.93. The minimum atomic E-state index is 0.132. The van der Waals surface area contributed by atoms with E-state index >= 15 is 0 Å². The molecule has 1 atom stereocenters. The molecule has 0 radical (unpaired) electrons. The van der Waals surface area contributed by atoms with Crippen LogP contribution in [0.2, 0.25) is 5.82 Å². The third-order valence-electron chi connectivity index (χ3n) is 1.74. The minimum Gasteiger partial charge on any atom is -0.356 e. The summed E-state index contributed by atoms with van der Waals surface area (Å²) in [4.78, 5) is 11.1. The number of carbonyl (C=O) groups is 1. The van der Waals surface area contributed by atoms with Crippen LogP contribution in [-0.4, -0.2) is 26.8 Å². The summed E-state index contributed by atoms with van der Waals surface area (Å²) in [6, 6.07) is 0. The Kier molecular flexibility index (Phi) is 5.94. The van der Waals surface area contributed by atoms with Crippen molar-refractivity contribution in [2.45, 2.75) is 25.6 Å². The van der Waals surface area contributed by atoms with Crippen LogP contribution in [0.25, 0.3) is 0 Å². The summed E-state index contributed by atoms with van der Waals surface area (Å²) in [5.41, 5.74) is 5.27. The molecule has 0 aliphatic rings. The predicted octanol–water partition coefficient (Wildman–Crippen LogP) is -0.717. The fourth-order valence-corrected chi connectivity index (χ4v) is 0.673. The molecule has 0 heterocycles. The molecule has 0 bridgehead atoms. The van der Waals surface area contributed by atoms with Gasteiger partial charge in [-0.2, -0.15) is 0 Å². The van der Waals surface area contributed by atoms with E-state index in [2.05, 4.69) is 5.32 Å². The van der Waals surface area contributed by atoms with Gasteiger partial charge in [0.15, 0.2) is 0 Å². The lowest BCUT2D eigenvalue weighted by Gasteiger charge is -2.08. The molecule has 0 saturated carbocycles. The topological polar surface area (TPSA) is 55.1 Å². The van der Waals surface area contributed by atoms with Gasteiger partial charge < -0.3 is 11.1 Å². The summed E-state index contributed by atoms with van der Waals surface area (Å²) in [6.07, 6.45) is 1.76. The Bertz CT molecular complexity index is 119. The Morgan fingerprint density at radius 3 is 2.82 bits per heavy atom. The average Bonchev–Trinajstić information content (AvgIpc) is 2.03. The molecule has 11 heavy (non-hydrogen) atoms. The van der Waals surface area contributed by atoms with Crippen molar-refractivity contribution < 1.29 is 4.79 Å². The average molecular weight is 156 g/mol. The second-order valence-electron chi connectivity index (χ2n) is 2.74. The number of nitrogens with one attached hydrogen (secondary N) is 1. The molecular formula is C7H17BN2O. The van der Waals surface area contributed by atoms with Gasteiger partial charge in [0.2, 0.25) is 5.91 Å². The van der Waals surface area contributed by atoms with Crippen LogP contribution in [0.4, 0.5) is 0 Å². The van der Waals surface area contributed by atoms with E-state index in [-0.39, 0.29) is 11.7 Å². The first kappa shape index (κ1) is 10.5. The number of nitrogens with two attached hydrogens (primary N) is 1. The van der Waals surface area contributed by atoms with Crippen LogP contribution in [0, 0.1) is 0 Å². The highest BCUT2D eigenvalue weighted by Crippen LogP contribution is 2.02. The van der Waals surface area contributed by atoms with Crippen molar-refractivity contribution in [2.75, 3.05) is 13.1 Å². The van der Waals surface area contributed by atoms with Crippen LogP contribution >= 0.6 is 0 Å². The highest BCUT2D eigenvalue weighted by Gasteiger charge is 2.08. The maximum Gasteiger partial charge on any atom is 0.215 e. The molecule has 1 amide bonds. The van der Waals surface area contributed by atoms with Crippen LogP contribution in [0.1, 0.15) is 19.8 Å². The van der Waals surface area contributed by atoms with Gasteiger partial charge in [-0.3, -0.25) is 4.79 Å². The Morgan fingerprint density at radius 1 is 1.73 bits per heavy atom. The molecule has 0 saturated heterocycles. The van der Waals surface area contributed by atoms with Crippen LogP contribution in [0.15, 0.2) is 0 Å². The van der Waals surface area contributed by atoms with E-state index in [4.69, 9.17) is 5.73 Å². The lowest BCUT2D eigenvalue weighted by molar-refractivity contribution is -0.121.